The minimum Gasteiger partial charge on any atom is -0.481 e. The lowest BCUT2D eigenvalue weighted by molar-refractivity contribution is -0.137. The van der Waals surface area contributed by atoms with E-state index in [0.29, 0.717) is 21.2 Å². The van der Waals surface area contributed by atoms with E-state index in [9.17, 15) is 9.59 Å². The van der Waals surface area contributed by atoms with Gasteiger partial charge in [0.15, 0.2) is 0 Å². The van der Waals surface area contributed by atoms with Gasteiger partial charge in [-0.2, -0.15) is 0 Å². The van der Waals surface area contributed by atoms with Gasteiger partial charge in [0.2, 0.25) is 0 Å². The third-order valence-corrected chi connectivity index (χ3v) is 10.3. The van der Waals surface area contributed by atoms with E-state index in [-0.39, 0.29) is 18.9 Å². The molecule has 0 bridgehead atoms. The van der Waals surface area contributed by atoms with Crippen molar-refractivity contribution in [3.8, 4) is 0 Å². The number of fused-ring (bicyclic) bond motifs is 3. The van der Waals surface area contributed by atoms with Gasteiger partial charge in [0.25, 0.3) is 5.91 Å². The fourth-order valence-corrected chi connectivity index (χ4v) is 8.13. The van der Waals surface area contributed by atoms with Crippen LogP contribution in [0.1, 0.15) is 59.4 Å². The topological polar surface area (TPSA) is 60.9 Å². The lowest BCUT2D eigenvalue weighted by Crippen LogP contribution is -2.30. The van der Waals surface area contributed by atoms with Crippen LogP contribution in [0.2, 0.25) is 0 Å². The normalized spacial score (nSPS) is 19.6. The number of thiocarbonyl (C=S) groups is 1. The minimum atomic E-state index is -0.947. The summed E-state index contributed by atoms with van der Waals surface area (Å²) in [5.74, 6) is -0.720. The van der Waals surface area contributed by atoms with Crippen LogP contribution in [0, 0.1) is 0 Å². The highest BCUT2D eigenvalue weighted by Gasteiger charge is 2.42. The monoisotopic (exact) mass is 628 g/mol. The van der Waals surface area contributed by atoms with Crippen LogP contribution in [0.4, 0.5) is 11.4 Å². The van der Waals surface area contributed by atoms with Crippen molar-refractivity contribution in [2.75, 3.05) is 11.4 Å². The van der Waals surface area contributed by atoms with Crippen LogP contribution in [0.5, 0.6) is 0 Å². The molecular weight excluding hydrogens is 597 g/mol. The van der Waals surface area contributed by atoms with E-state index in [1.807, 2.05) is 18.2 Å². The molecule has 2 heterocycles. The van der Waals surface area contributed by atoms with Crippen molar-refractivity contribution in [1.29, 1.82) is 0 Å². The Kier molecular flexibility index (Phi) is 8.13. The second-order valence-electron chi connectivity index (χ2n) is 11.7. The predicted octanol–water partition coefficient (Wildman–Crippen LogP) is 8.74. The number of hydrogen-bond donors (Lipinski definition) is 1. The summed E-state index contributed by atoms with van der Waals surface area (Å²) in [6, 6.07) is 36.8. The molecule has 7 rings (SSSR count). The molecule has 2 unspecified atom stereocenters. The smallest absolute Gasteiger partial charge is 0.305 e. The van der Waals surface area contributed by atoms with Crippen LogP contribution in [-0.2, 0) is 9.59 Å². The van der Waals surface area contributed by atoms with Crippen LogP contribution in [-0.4, -0.2) is 38.8 Å². The Morgan fingerprint density at radius 3 is 2.22 bits per heavy atom. The summed E-state index contributed by atoms with van der Waals surface area (Å²) in [5, 5.41) is 9.04. The zero-order valence-corrected chi connectivity index (χ0v) is 26.3. The van der Waals surface area contributed by atoms with Gasteiger partial charge in [0, 0.05) is 29.9 Å². The van der Waals surface area contributed by atoms with Crippen LogP contribution in [0.3, 0.4) is 0 Å². The first kappa shape index (κ1) is 29.3. The van der Waals surface area contributed by atoms with E-state index < -0.39 is 5.97 Å². The number of rotatable bonds is 8. The molecule has 0 aromatic heterocycles. The van der Waals surface area contributed by atoms with Gasteiger partial charge in [-0.25, -0.2) is 0 Å². The maximum atomic E-state index is 13.0. The molecule has 5 nitrogen and oxygen atoms in total. The Morgan fingerprint density at radius 1 is 0.889 bits per heavy atom. The Labute approximate surface area is 272 Å². The molecule has 2 fully saturated rings. The summed E-state index contributed by atoms with van der Waals surface area (Å²) in [6.07, 6.45) is 7.51. The zero-order valence-electron chi connectivity index (χ0n) is 24.6. The molecule has 3 aliphatic rings. The highest BCUT2D eigenvalue weighted by Crippen LogP contribution is 2.52. The fourth-order valence-electron chi connectivity index (χ4n) is 6.82. The standard InChI is InChI=1S/C38H32N2O3S2/c41-36(42)20-21-39-37(43)35(45-38(39)44)24-26-16-19-34-32(23-26)30-12-7-13-33(30)40(34)29-17-14-25(15-18-29)22-31(27-8-3-1-4-9-27)28-10-5-2-6-11-28/h1-6,8-11,14-19,22-24,30,33H,7,12-13,20-21H2,(H,41,42)/b35-24+. The number of carboxylic acid groups (broad SMARTS) is 1. The summed E-state index contributed by atoms with van der Waals surface area (Å²) in [5.41, 5.74) is 9.44. The van der Waals surface area contributed by atoms with Crippen LogP contribution in [0.25, 0.3) is 17.7 Å². The van der Waals surface area contributed by atoms with Gasteiger partial charge in [-0.3, -0.25) is 14.5 Å². The molecule has 1 aliphatic carbocycles. The highest BCUT2D eigenvalue weighted by atomic mass is 32.2. The highest BCUT2D eigenvalue weighted by molar-refractivity contribution is 8.26. The molecule has 7 heteroatoms. The fraction of sp³-hybridized carbons (Fsp3) is 0.184. The number of carbonyl (C=O) groups is 2. The van der Waals surface area contributed by atoms with Crippen molar-refractivity contribution in [3.05, 3.63) is 136 Å². The number of carbonyl (C=O) groups excluding carboxylic acids is 1. The van der Waals surface area contributed by atoms with Crippen molar-refractivity contribution < 1.29 is 14.7 Å². The second-order valence-corrected chi connectivity index (χ2v) is 13.3. The molecule has 2 aliphatic heterocycles. The Hall–Kier alpha value is -4.46. The molecule has 2 atom stereocenters. The van der Waals surface area contributed by atoms with Gasteiger partial charge in [-0.15, -0.1) is 0 Å². The number of benzene rings is 4. The van der Waals surface area contributed by atoms with Crippen LogP contribution in [0.15, 0.2) is 108 Å². The summed E-state index contributed by atoms with van der Waals surface area (Å²) in [4.78, 5) is 28.4. The lowest BCUT2D eigenvalue weighted by Gasteiger charge is -2.27. The molecule has 1 N–H and O–H groups in total. The quantitative estimate of drug-likeness (QED) is 0.120. The molecule has 45 heavy (non-hydrogen) atoms. The number of carboxylic acids is 1. The first-order valence-corrected chi connectivity index (χ1v) is 16.5. The van der Waals surface area contributed by atoms with E-state index in [2.05, 4.69) is 102 Å². The van der Waals surface area contributed by atoms with E-state index in [0.717, 1.165) is 24.0 Å². The first-order valence-electron chi connectivity index (χ1n) is 15.3. The first-order chi connectivity index (χ1) is 22.0. The number of amides is 1. The van der Waals surface area contributed by atoms with Crippen molar-refractivity contribution in [2.24, 2.45) is 0 Å². The molecular formula is C38H32N2O3S2. The largest absolute Gasteiger partial charge is 0.481 e. The van der Waals surface area contributed by atoms with Gasteiger partial charge in [-0.1, -0.05) is 109 Å². The second kappa shape index (κ2) is 12.5. The maximum Gasteiger partial charge on any atom is 0.305 e. The van der Waals surface area contributed by atoms with E-state index >= 15 is 0 Å². The van der Waals surface area contributed by atoms with Crippen LogP contribution < -0.4 is 4.90 Å². The van der Waals surface area contributed by atoms with Crippen LogP contribution >= 0.6 is 24.0 Å². The van der Waals surface area contributed by atoms with E-state index in [4.69, 9.17) is 17.3 Å². The Balaban J connectivity index is 1.17. The third kappa shape index (κ3) is 5.86. The average molecular weight is 629 g/mol. The molecule has 1 saturated carbocycles. The van der Waals surface area contributed by atoms with Gasteiger partial charge < -0.3 is 10.0 Å². The van der Waals surface area contributed by atoms with Crippen molar-refractivity contribution in [3.63, 3.8) is 0 Å². The predicted molar refractivity (Wildman–Crippen MR) is 187 cm³/mol. The summed E-state index contributed by atoms with van der Waals surface area (Å²) in [6.45, 7) is 0.0919. The summed E-state index contributed by atoms with van der Waals surface area (Å²) < 4.78 is 0.411. The number of hydrogen-bond acceptors (Lipinski definition) is 5. The zero-order chi connectivity index (χ0) is 30.9. The number of anilines is 2. The molecule has 1 saturated heterocycles. The Bertz CT molecular complexity index is 1790. The summed E-state index contributed by atoms with van der Waals surface area (Å²) in [7, 11) is 0. The lowest BCUT2D eigenvalue weighted by atomic mass is 9.95. The SMILES string of the molecule is O=C(O)CCN1C(=O)/C(=C\c2ccc3c(c2)C2CCCC2N3c2ccc(C=C(c3ccccc3)c3ccccc3)cc2)SC1=S. The van der Waals surface area contributed by atoms with Gasteiger partial charge >= 0.3 is 5.97 Å². The van der Waals surface area contributed by atoms with E-state index in [1.54, 1.807) is 0 Å². The van der Waals surface area contributed by atoms with Gasteiger partial charge in [0.1, 0.15) is 4.32 Å². The van der Waals surface area contributed by atoms with Crippen molar-refractivity contribution in [1.82, 2.24) is 4.90 Å². The number of aliphatic carboxylic acids is 1. The molecule has 0 spiro atoms. The maximum absolute atomic E-state index is 13.0. The molecule has 4 aromatic carbocycles. The Morgan fingerprint density at radius 2 is 1.56 bits per heavy atom. The average Bonchev–Trinajstić information content (AvgIpc) is 3.73. The van der Waals surface area contributed by atoms with Crippen molar-refractivity contribution in [2.45, 2.75) is 37.6 Å². The minimum absolute atomic E-state index is 0.0919. The molecule has 224 valence electrons. The van der Waals surface area contributed by atoms with Gasteiger partial charge in [-0.05, 0) is 82.6 Å². The molecule has 4 aromatic rings. The third-order valence-electron chi connectivity index (χ3n) is 8.89. The van der Waals surface area contributed by atoms with Gasteiger partial charge in [0.05, 0.1) is 11.3 Å². The van der Waals surface area contributed by atoms with E-state index in [1.165, 1.54) is 56.7 Å². The molecule has 1 amide bonds. The number of thioether (sulfide) groups is 1. The number of nitrogens with zero attached hydrogens (tertiary/aromatic N) is 2. The molecule has 0 radical (unpaired) electrons. The summed E-state index contributed by atoms with van der Waals surface area (Å²) >= 11 is 6.62. The van der Waals surface area contributed by atoms with Crippen molar-refractivity contribution >= 4 is 69.3 Å².